The van der Waals surface area contributed by atoms with Crippen molar-refractivity contribution < 1.29 is 9.18 Å². The van der Waals surface area contributed by atoms with Crippen LogP contribution in [0.15, 0.2) is 18.2 Å². The number of rotatable bonds is 4. The summed E-state index contributed by atoms with van der Waals surface area (Å²) in [4.78, 5) is 13.5. The van der Waals surface area contributed by atoms with E-state index in [1.54, 1.807) is 6.07 Å². The van der Waals surface area contributed by atoms with E-state index in [-0.39, 0.29) is 11.6 Å². The summed E-state index contributed by atoms with van der Waals surface area (Å²) in [6.45, 7) is 2.43. The molecule has 0 amide bonds. The predicted molar refractivity (Wildman–Crippen MR) is 62.4 cm³/mol. The van der Waals surface area contributed by atoms with Crippen LogP contribution in [0.2, 0.25) is 0 Å². The molecule has 1 aliphatic carbocycles. The van der Waals surface area contributed by atoms with Crippen LogP contribution < -0.4 is 4.90 Å². The number of halogens is 1. The van der Waals surface area contributed by atoms with E-state index in [0.29, 0.717) is 5.56 Å². The van der Waals surface area contributed by atoms with Gasteiger partial charge in [-0.1, -0.05) is 0 Å². The Morgan fingerprint density at radius 2 is 2.19 bits per heavy atom. The van der Waals surface area contributed by atoms with Crippen LogP contribution in [0.4, 0.5) is 10.1 Å². The van der Waals surface area contributed by atoms with Crippen LogP contribution in [-0.2, 0) is 0 Å². The lowest BCUT2D eigenvalue weighted by atomic mass is 10.1. The average Bonchev–Trinajstić information content (AvgIpc) is 3.01. The Morgan fingerprint density at radius 3 is 2.75 bits per heavy atom. The standard InChI is InChI=1S/C13H16FNO/c1-9(16)12-7-11(14)5-6-13(12)15(2)8-10-3-4-10/h5-7,10H,3-4,8H2,1-2H3. The SMILES string of the molecule is CC(=O)c1cc(F)ccc1N(C)CC1CC1. The molecule has 2 rings (SSSR count). The lowest BCUT2D eigenvalue weighted by molar-refractivity contribution is 0.101. The highest BCUT2D eigenvalue weighted by atomic mass is 19.1. The largest absolute Gasteiger partial charge is 0.374 e. The van der Waals surface area contributed by atoms with Gasteiger partial charge in [-0.05, 0) is 43.9 Å². The van der Waals surface area contributed by atoms with Gasteiger partial charge in [0.25, 0.3) is 0 Å². The number of carbonyl (C=O) groups is 1. The van der Waals surface area contributed by atoms with Crippen molar-refractivity contribution >= 4 is 11.5 Å². The van der Waals surface area contributed by atoms with Gasteiger partial charge in [0.15, 0.2) is 5.78 Å². The Balaban J connectivity index is 2.26. The Kier molecular flexibility index (Phi) is 2.95. The van der Waals surface area contributed by atoms with Crippen molar-refractivity contribution in [3.05, 3.63) is 29.6 Å². The second kappa shape index (κ2) is 4.24. The molecule has 0 unspecified atom stereocenters. The maximum absolute atomic E-state index is 13.1. The summed E-state index contributed by atoms with van der Waals surface area (Å²) in [6, 6.07) is 4.42. The van der Waals surface area contributed by atoms with E-state index >= 15 is 0 Å². The molecule has 0 N–H and O–H groups in total. The number of carbonyl (C=O) groups excluding carboxylic acids is 1. The fourth-order valence-electron chi connectivity index (χ4n) is 1.91. The zero-order valence-electron chi connectivity index (χ0n) is 9.66. The van der Waals surface area contributed by atoms with Gasteiger partial charge in [-0.3, -0.25) is 4.79 Å². The molecule has 0 heterocycles. The van der Waals surface area contributed by atoms with Gasteiger partial charge in [-0.15, -0.1) is 0 Å². The van der Waals surface area contributed by atoms with Crippen LogP contribution in [0.1, 0.15) is 30.1 Å². The fourth-order valence-corrected chi connectivity index (χ4v) is 1.91. The quantitative estimate of drug-likeness (QED) is 0.729. The first-order chi connectivity index (χ1) is 7.58. The van der Waals surface area contributed by atoms with Crippen molar-refractivity contribution in [1.82, 2.24) is 0 Å². The molecular formula is C13H16FNO. The van der Waals surface area contributed by atoms with E-state index in [1.807, 2.05) is 11.9 Å². The third-order valence-corrected chi connectivity index (χ3v) is 2.98. The van der Waals surface area contributed by atoms with Gasteiger partial charge >= 0.3 is 0 Å². The zero-order chi connectivity index (χ0) is 11.7. The molecule has 1 fully saturated rings. The molecule has 1 aromatic carbocycles. The van der Waals surface area contributed by atoms with Crippen molar-refractivity contribution in [3.63, 3.8) is 0 Å². The molecule has 86 valence electrons. The van der Waals surface area contributed by atoms with E-state index in [2.05, 4.69) is 0 Å². The minimum atomic E-state index is -0.353. The lowest BCUT2D eigenvalue weighted by Crippen LogP contribution is -2.22. The maximum Gasteiger partial charge on any atom is 0.161 e. The van der Waals surface area contributed by atoms with Gasteiger partial charge in [0.1, 0.15) is 5.82 Å². The van der Waals surface area contributed by atoms with Crippen LogP contribution in [0, 0.1) is 11.7 Å². The maximum atomic E-state index is 13.1. The number of ketones is 1. The second-order valence-electron chi connectivity index (χ2n) is 4.54. The highest BCUT2D eigenvalue weighted by Crippen LogP contribution is 2.32. The number of Topliss-reactive ketones (excluding diaryl/α,β-unsaturated/α-hetero) is 1. The first-order valence-corrected chi connectivity index (χ1v) is 5.59. The number of anilines is 1. The summed E-state index contributed by atoms with van der Waals surface area (Å²) in [6.07, 6.45) is 2.53. The van der Waals surface area contributed by atoms with Gasteiger partial charge < -0.3 is 4.90 Å². The molecule has 0 aliphatic heterocycles. The molecule has 0 bridgehead atoms. The van der Waals surface area contributed by atoms with Gasteiger partial charge in [0.05, 0.1) is 0 Å². The average molecular weight is 221 g/mol. The Morgan fingerprint density at radius 1 is 1.50 bits per heavy atom. The number of hydrogen-bond donors (Lipinski definition) is 0. The third kappa shape index (κ3) is 2.40. The number of benzene rings is 1. The summed E-state index contributed by atoms with van der Waals surface area (Å²) in [5, 5.41) is 0. The van der Waals surface area contributed by atoms with Crippen molar-refractivity contribution in [1.29, 1.82) is 0 Å². The summed E-state index contributed by atoms with van der Waals surface area (Å²) in [7, 11) is 1.96. The van der Waals surface area contributed by atoms with Crippen molar-refractivity contribution in [3.8, 4) is 0 Å². The normalized spacial score (nSPS) is 14.9. The van der Waals surface area contributed by atoms with Crippen molar-refractivity contribution in [2.75, 3.05) is 18.5 Å². The Hall–Kier alpha value is -1.38. The molecule has 1 aromatic rings. The highest BCUT2D eigenvalue weighted by Gasteiger charge is 2.24. The van der Waals surface area contributed by atoms with Crippen molar-refractivity contribution in [2.45, 2.75) is 19.8 Å². The summed E-state index contributed by atoms with van der Waals surface area (Å²) < 4.78 is 13.1. The molecule has 0 aromatic heterocycles. The molecular weight excluding hydrogens is 205 g/mol. The van der Waals surface area contributed by atoms with E-state index in [4.69, 9.17) is 0 Å². The monoisotopic (exact) mass is 221 g/mol. The van der Waals surface area contributed by atoms with Crippen molar-refractivity contribution in [2.24, 2.45) is 5.92 Å². The third-order valence-electron chi connectivity index (χ3n) is 2.98. The van der Waals surface area contributed by atoms with Crippen LogP contribution in [0.25, 0.3) is 0 Å². The van der Waals surface area contributed by atoms with E-state index < -0.39 is 0 Å². The number of nitrogens with zero attached hydrogens (tertiary/aromatic N) is 1. The minimum Gasteiger partial charge on any atom is -0.374 e. The van der Waals surface area contributed by atoms with Crippen LogP contribution in [0.5, 0.6) is 0 Å². The van der Waals surface area contributed by atoms with Crippen LogP contribution >= 0.6 is 0 Å². The van der Waals surface area contributed by atoms with Crippen LogP contribution in [-0.4, -0.2) is 19.4 Å². The van der Waals surface area contributed by atoms with Gasteiger partial charge in [-0.25, -0.2) is 4.39 Å². The van der Waals surface area contributed by atoms with E-state index in [1.165, 1.54) is 31.9 Å². The molecule has 1 aliphatic rings. The fraction of sp³-hybridized carbons (Fsp3) is 0.462. The molecule has 1 saturated carbocycles. The first kappa shape index (κ1) is 11.1. The molecule has 0 spiro atoms. The molecule has 0 atom stereocenters. The molecule has 2 nitrogen and oxygen atoms in total. The van der Waals surface area contributed by atoms with Gasteiger partial charge in [-0.2, -0.15) is 0 Å². The molecule has 0 saturated heterocycles. The highest BCUT2D eigenvalue weighted by molar-refractivity contribution is 5.99. The minimum absolute atomic E-state index is 0.0860. The van der Waals surface area contributed by atoms with Gasteiger partial charge in [0.2, 0.25) is 0 Å². The Labute approximate surface area is 95.1 Å². The first-order valence-electron chi connectivity index (χ1n) is 5.59. The zero-order valence-corrected chi connectivity index (χ0v) is 9.66. The molecule has 0 radical (unpaired) electrons. The Bertz CT molecular complexity index is 412. The molecule has 3 heteroatoms. The summed E-state index contributed by atoms with van der Waals surface area (Å²) in [5.74, 6) is 0.306. The summed E-state index contributed by atoms with van der Waals surface area (Å²) in [5.41, 5.74) is 1.31. The predicted octanol–water partition coefficient (Wildman–Crippen LogP) is 2.87. The van der Waals surface area contributed by atoms with E-state index in [9.17, 15) is 9.18 Å². The van der Waals surface area contributed by atoms with E-state index in [0.717, 1.165) is 18.2 Å². The smallest absolute Gasteiger partial charge is 0.161 e. The van der Waals surface area contributed by atoms with Crippen LogP contribution in [0.3, 0.4) is 0 Å². The van der Waals surface area contributed by atoms with Gasteiger partial charge in [0, 0.05) is 24.8 Å². The number of hydrogen-bond acceptors (Lipinski definition) is 2. The topological polar surface area (TPSA) is 20.3 Å². The summed E-state index contributed by atoms with van der Waals surface area (Å²) >= 11 is 0. The second-order valence-corrected chi connectivity index (χ2v) is 4.54. The molecule has 16 heavy (non-hydrogen) atoms. The lowest BCUT2D eigenvalue weighted by Gasteiger charge is -2.21.